The minimum absolute atomic E-state index is 0.0380. The van der Waals surface area contributed by atoms with Gasteiger partial charge in [0.25, 0.3) is 6.43 Å². The van der Waals surface area contributed by atoms with Crippen molar-refractivity contribution in [3.05, 3.63) is 36.3 Å². The van der Waals surface area contributed by atoms with E-state index in [9.17, 15) is 13.6 Å². The molecule has 0 aromatic carbocycles. The fourth-order valence-electron chi connectivity index (χ4n) is 3.04. The lowest BCUT2D eigenvalue weighted by Gasteiger charge is -2.30. The van der Waals surface area contributed by atoms with E-state index in [0.29, 0.717) is 29.2 Å². The minimum atomic E-state index is -2.68. The van der Waals surface area contributed by atoms with E-state index in [2.05, 4.69) is 9.97 Å². The van der Waals surface area contributed by atoms with Crippen LogP contribution < -0.4 is 15.2 Å². The summed E-state index contributed by atoms with van der Waals surface area (Å²) in [5.41, 5.74) is 4.82. The molecular weight excluding hydrogens is 384 g/mol. The molecule has 0 saturated heterocycles. The van der Waals surface area contributed by atoms with Crippen molar-refractivity contribution in [3.63, 3.8) is 0 Å². The molecule has 29 heavy (non-hydrogen) atoms. The fourth-order valence-corrected chi connectivity index (χ4v) is 3.04. The highest BCUT2D eigenvalue weighted by molar-refractivity contribution is 5.65. The molecule has 0 fully saturated rings. The number of alkyl halides is 2. The molecule has 1 unspecified atom stereocenters. The van der Waals surface area contributed by atoms with Crippen molar-refractivity contribution < 1.29 is 27.8 Å². The zero-order valence-corrected chi connectivity index (χ0v) is 16.8. The van der Waals surface area contributed by atoms with Gasteiger partial charge < -0.3 is 19.9 Å². The van der Waals surface area contributed by atoms with E-state index in [1.54, 1.807) is 19.1 Å². The van der Waals surface area contributed by atoms with Crippen LogP contribution in [0.4, 0.5) is 13.6 Å². The first-order valence-corrected chi connectivity index (χ1v) is 9.03. The third-order valence-corrected chi connectivity index (χ3v) is 4.07. The molecule has 2 aromatic heterocycles. The number of nitrogens with two attached hydrogens (primary N) is 1. The van der Waals surface area contributed by atoms with Gasteiger partial charge >= 0.3 is 6.09 Å². The van der Waals surface area contributed by atoms with E-state index in [-0.39, 0.29) is 18.2 Å². The van der Waals surface area contributed by atoms with Crippen LogP contribution in [0.5, 0.6) is 11.5 Å². The predicted octanol–water partition coefficient (Wildman–Crippen LogP) is 4.37. The van der Waals surface area contributed by atoms with Gasteiger partial charge in [0, 0.05) is 17.8 Å². The van der Waals surface area contributed by atoms with Crippen molar-refractivity contribution in [2.45, 2.75) is 39.2 Å². The number of hydrogen-bond donors (Lipinski definition) is 1. The number of rotatable bonds is 9. The number of halogens is 2. The molecule has 1 atom stereocenters. The van der Waals surface area contributed by atoms with Crippen molar-refractivity contribution >= 4 is 6.09 Å². The molecular formula is C20H25F2N3O4. The van der Waals surface area contributed by atoms with Crippen LogP contribution >= 0.6 is 0 Å². The Morgan fingerprint density at radius 3 is 2.55 bits per heavy atom. The molecule has 0 radical (unpaired) electrons. The van der Waals surface area contributed by atoms with Gasteiger partial charge in [0.2, 0.25) is 0 Å². The van der Waals surface area contributed by atoms with Crippen LogP contribution in [-0.4, -0.2) is 35.4 Å². The van der Waals surface area contributed by atoms with Crippen LogP contribution in [0, 0.1) is 5.92 Å². The Labute approximate surface area is 168 Å². The van der Waals surface area contributed by atoms with Gasteiger partial charge in [-0.3, -0.25) is 9.97 Å². The number of pyridine rings is 2. The second-order valence-corrected chi connectivity index (χ2v) is 7.25. The molecule has 0 bridgehead atoms. The highest BCUT2D eigenvalue weighted by atomic mass is 19.3. The summed E-state index contributed by atoms with van der Waals surface area (Å²) < 4.78 is 42.2. The number of carbonyl (C=O) groups is 1. The Hall–Kier alpha value is -2.97. The van der Waals surface area contributed by atoms with Crippen molar-refractivity contribution in [2.24, 2.45) is 11.7 Å². The summed E-state index contributed by atoms with van der Waals surface area (Å²) in [6.07, 6.45) is -0.296. The zero-order chi connectivity index (χ0) is 21.6. The second-order valence-electron chi connectivity index (χ2n) is 7.25. The van der Waals surface area contributed by atoms with Gasteiger partial charge in [-0.1, -0.05) is 13.8 Å². The van der Waals surface area contributed by atoms with Crippen molar-refractivity contribution in [1.29, 1.82) is 0 Å². The van der Waals surface area contributed by atoms with Gasteiger partial charge in [0.15, 0.2) is 11.5 Å². The van der Waals surface area contributed by atoms with Crippen LogP contribution in [-0.2, 0) is 4.74 Å². The maximum absolute atomic E-state index is 12.9. The number of aromatic nitrogens is 2. The van der Waals surface area contributed by atoms with E-state index in [0.717, 1.165) is 0 Å². The van der Waals surface area contributed by atoms with E-state index < -0.39 is 18.1 Å². The van der Waals surface area contributed by atoms with Crippen LogP contribution in [0.1, 0.15) is 39.3 Å². The Bertz CT molecular complexity index is 848. The lowest BCUT2D eigenvalue weighted by atomic mass is 9.95. The molecule has 0 saturated carbocycles. The SMILES string of the molecule is COc1cc(-c2ccnc(C(F)F)c2)ncc1OCC(C)(CC(C)C)OC(N)=O. The van der Waals surface area contributed by atoms with Gasteiger partial charge in [-0.15, -0.1) is 0 Å². The van der Waals surface area contributed by atoms with E-state index in [1.165, 1.54) is 25.6 Å². The van der Waals surface area contributed by atoms with E-state index in [4.69, 9.17) is 19.9 Å². The number of nitrogens with zero attached hydrogens (tertiary/aromatic N) is 2. The number of ether oxygens (including phenoxy) is 3. The first-order valence-electron chi connectivity index (χ1n) is 9.03. The highest BCUT2D eigenvalue weighted by Gasteiger charge is 2.31. The molecule has 0 aliphatic rings. The molecule has 2 aromatic rings. The predicted molar refractivity (Wildman–Crippen MR) is 103 cm³/mol. The smallest absolute Gasteiger partial charge is 0.405 e. The van der Waals surface area contributed by atoms with Crippen molar-refractivity contribution in [2.75, 3.05) is 13.7 Å². The Balaban J connectivity index is 2.24. The molecule has 158 valence electrons. The summed E-state index contributed by atoms with van der Waals surface area (Å²) in [6.45, 7) is 5.75. The third kappa shape index (κ3) is 6.27. The van der Waals surface area contributed by atoms with E-state index in [1.807, 2.05) is 13.8 Å². The number of carbonyl (C=O) groups excluding carboxylic acids is 1. The molecule has 0 spiro atoms. The highest BCUT2D eigenvalue weighted by Crippen LogP contribution is 2.33. The number of hydrogen-bond acceptors (Lipinski definition) is 6. The van der Waals surface area contributed by atoms with Crippen LogP contribution in [0.3, 0.4) is 0 Å². The Morgan fingerprint density at radius 1 is 1.24 bits per heavy atom. The normalized spacial score (nSPS) is 13.2. The van der Waals surface area contributed by atoms with Gasteiger partial charge in [-0.25, -0.2) is 13.6 Å². The number of amides is 1. The summed E-state index contributed by atoms with van der Waals surface area (Å²) in [4.78, 5) is 19.2. The maximum Gasteiger partial charge on any atom is 0.405 e. The quantitative estimate of drug-likeness (QED) is 0.661. The number of methoxy groups -OCH3 is 1. The maximum atomic E-state index is 12.9. The third-order valence-electron chi connectivity index (χ3n) is 4.07. The lowest BCUT2D eigenvalue weighted by Crippen LogP contribution is -2.41. The van der Waals surface area contributed by atoms with Gasteiger partial charge in [0.05, 0.1) is 19.0 Å². The van der Waals surface area contributed by atoms with E-state index >= 15 is 0 Å². The first kappa shape index (κ1) is 22.3. The van der Waals surface area contributed by atoms with Gasteiger partial charge in [-0.05, 0) is 31.4 Å². The lowest BCUT2D eigenvalue weighted by molar-refractivity contribution is -0.0191. The largest absolute Gasteiger partial charge is 0.493 e. The molecule has 9 heteroatoms. The zero-order valence-electron chi connectivity index (χ0n) is 16.8. The fraction of sp³-hybridized carbons (Fsp3) is 0.450. The summed E-state index contributed by atoms with van der Waals surface area (Å²) >= 11 is 0. The summed E-state index contributed by atoms with van der Waals surface area (Å²) in [5, 5.41) is 0. The standard InChI is InChI=1S/C20H25F2N3O4/c1-12(2)9-20(3,29-19(23)26)11-28-17-10-25-14(8-16(17)27-4)13-5-6-24-15(7-13)18(21)22/h5-8,10,12,18H,9,11H2,1-4H3,(H2,23,26). The Morgan fingerprint density at radius 2 is 1.97 bits per heavy atom. The topological polar surface area (TPSA) is 96.6 Å². The van der Waals surface area contributed by atoms with Crippen LogP contribution in [0.25, 0.3) is 11.3 Å². The molecule has 0 aliphatic heterocycles. The monoisotopic (exact) mass is 409 g/mol. The second kappa shape index (κ2) is 9.49. The van der Waals surface area contributed by atoms with Gasteiger partial charge in [-0.2, -0.15) is 0 Å². The molecule has 2 N–H and O–H groups in total. The number of primary amides is 1. The van der Waals surface area contributed by atoms with Gasteiger partial charge in [0.1, 0.15) is 17.9 Å². The summed E-state index contributed by atoms with van der Waals surface area (Å²) in [7, 11) is 1.45. The minimum Gasteiger partial charge on any atom is -0.493 e. The van der Waals surface area contributed by atoms with Crippen molar-refractivity contribution in [1.82, 2.24) is 9.97 Å². The molecule has 1 amide bonds. The average Bonchev–Trinajstić information content (AvgIpc) is 2.65. The first-order chi connectivity index (χ1) is 13.6. The summed E-state index contributed by atoms with van der Waals surface area (Å²) in [6, 6.07) is 4.43. The van der Waals surface area contributed by atoms with Crippen LogP contribution in [0.15, 0.2) is 30.6 Å². The average molecular weight is 409 g/mol. The molecule has 7 nitrogen and oxygen atoms in total. The molecule has 2 heterocycles. The molecule has 2 rings (SSSR count). The molecule has 0 aliphatic carbocycles. The van der Waals surface area contributed by atoms with Crippen LogP contribution in [0.2, 0.25) is 0 Å². The summed E-state index contributed by atoms with van der Waals surface area (Å²) in [5.74, 6) is 0.917. The Kier molecular flexibility index (Phi) is 7.30. The van der Waals surface area contributed by atoms with Crippen molar-refractivity contribution in [3.8, 4) is 22.8 Å².